The van der Waals surface area contributed by atoms with Crippen molar-refractivity contribution in [3.8, 4) is 11.5 Å². The van der Waals surface area contributed by atoms with Crippen LogP contribution in [-0.4, -0.2) is 67.0 Å². The third-order valence-electron chi connectivity index (χ3n) is 4.55. The largest absolute Gasteiger partial charge is 0.493 e. The number of carbonyl (C=O) groups is 2. The van der Waals surface area contributed by atoms with Crippen LogP contribution in [0, 0.1) is 0 Å². The number of hydrogen-bond acceptors (Lipinski definition) is 4. The second-order valence-electron chi connectivity index (χ2n) is 6.12. The number of H-pyrrole nitrogens is 1. The first-order valence-electron chi connectivity index (χ1n) is 8.53. The SMILES string of the molecule is COc1ccc(CC(=O)N2CCN(C(=O)c3ccc[nH]3)CC2)cc1OC. The molecule has 0 unspecified atom stereocenters. The number of piperazine rings is 1. The van der Waals surface area contributed by atoms with Gasteiger partial charge in [0.15, 0.2) is 11.5 Å². The van der Waals surface area contributed by atoms with Crippen LogP contribution in [0.5, 0.6) is 11.5 Å². The minimum absolute atomic E-state index is 0.0259. The number of carbonyl (C=O) groups excluding carboxylic acids is 2. The van der Waals surface area contributed by atoms with Gasteiger partial charge in [-0.15, -0.1) is 0 Å². The maximum Gasteiger partial charge on any atom is 0.270 e. The summed E-state index contributed by atoms with van der Waals surface area (Å²) in [5, 5.41) is 0. The molecule has 2 amide bonds. The summed E-state index contributed by atoms with van der Waals surface area (Å²) in [6, 6.07) is 9.05. The number of ether oxygens (including phenoxy) is 2. The van der Waals surface area contributed by atoms with Crippen LogP contribution in [0.25, 0.3) is 0 Å². The molecule has 1 saturated heterocycles. The zero-order chi connectivity index (χ0) is 18.5. The number of nitrogens with one attached hydrogen (secondary N) is 1. The van der Waals surface area contributed by atoms with E-state index >= 15 is 0 Å². The molecule has 138 valence electrons. The molecule has 1 aliphatic heterocycles. The van der Waals surface area contributed by atoms with Crippen LogP contribution in [-0.2, 0) is 11.2 Å². The Labute approximate surface area is 152 Å². The van der Waals surface area contributed by atoms with Gasteiger partial charge in [-0.25, -0.2) is 0 Å². The molecule has 1 aromatic heterocycles. The van der Waals surface area contributed by atoms with E-state index in [1.54, 1.807) is 48.4 Å². The lowest BCUT2D eigenvalue weighted by Crippen LogP contribution is -2.51. The first-order valence-corrected chi connectivity index (χ1v) is 8.53. The Morgan fingerprint density at radius 2 is 1.69 bits per heavy atom. The molecule has 0 atom stereocenters. The van der Waals surface area contributed by atoms with Crippen molar-refractivity contribution in [2.24, 2.45) is 0 Å². The van der Waals surface area contributed by atoms with E-state index < -0.39 is 0 Å². The van der Waals surface area contributed by atoms with Gasteiger partial charge in [0.25, 0.3) is 5.91 Å². The lowest BCUT2D eigenvalue weighted by molar-refractivity contribution is -0.131. The average Bonchev–Trinajstić information content (AvgIpc) is 3.22. The third kappa shape index (κ3) is 3.82. The number of benzene rings is 1. The van der Waals surface area contributed by atoms with E-state index in [0.717, 1.165) is 5.56 Å². The van der Waals surface area contributed by atoms with Gasteiger partial charge in [-0.05, 0) is 29.8 Å². The number of rotatable bonds is 5. The van der Waals surface area contributed by atoms with Crippen LogP contribution in [0.4, 0.5) is 0 Å². The van der Waals surface area contributed by atoms with Crippen molar-refractivity contribution < 1.29 is 19.1 Å². The number of aromatic nitrogens is 1. The highest BCUT2D eigenvalue weighted by molar-refractivity contribution is 5.92. The van der Waals surface area contributed by atoms with E-state index in [1.165, 1.54) is 0 Å². The summed E-state index contributed by atoms with van der Waals surface area (Å²) >= 11 is 0. The van der Waals surface area contributed by atoms with Crippen molar-refractivity contribution in [3.05, 3.63) is 47.8 Å². The van der Waals surface area contributed by atoms with Gasteiger partial charge in [-0.1, -0.05) is 6.07 Å². The smallest absolute Gasteiger partial charge is 0.270 e. The normalized spacial score (nSPS) is 14.2. The number of amides is 2. The highest BCUT2D eigenvalue weighted by Gasteiger charge is 2.25. The number of hydrogen-bond donors (Lipinski definition) is 1. The van der Waals surface area contributed by atoms with E-state index in [9.17, 15) is 9.59 Å². The molecule has 1 N–H and O–H groups in total. The molecule has 0 aliphatic carbocycles. The Balaban J connectivity index is 1.56. The van der Waals surface area contributed by atoms with E-state index in [1.807, 2.05) is 12.1 Å². The predicted octanol–water partition coefficient (Wildman–Crippen LogP) is 1.56. The van der Waals surface area contributed by atoms with Gasteiger partial charge >= 0.3 is 0 Å². The fourth-order valence-corrected chi connectivity index (χ4v) is 3.07. The van der Waals surface area contributed by atoms with Crippen LogP contribution >= 0.6 is 0 Å². The molecule has 1 aliphatic rings. The van der Waals surface area contributed by atoms with Crippen molar-refractivity contribution in [2.45, 2.75) is 6.42 Å². The molecule has 26 heavy (non-hydrogen) atoms. The standard InChI is InChI=1S/C19H23N3O4/c1-25-16-6-5-14(12-17(16)26-2)13-18(23)21-8-10-22(11-9-21)19(24)15-4-3-7-20-15/h3-7,12,20H,8-11,13H2,1-2H3. The van der Waals surface area contributed by atoms with Crippen LogP contribution in [0.3, 0.4) is 0 Å². The quantitative estimate of drug-likeness (QED) is 0.881. The zero-order valence-electron chi connectivity index (χ0n) is 15.0. The van der Waals surface area contributed by atoms with Crippen molar-refractivity contribution in [1.29, 1.82) is 0 Å². The first kappa shape index (κ1) is 17.8. The van der Waals surface area contributed by atoms with Crippen LogP contribution in [0.1, 0.15) is 16.1 Å². The summed E-state index contributed by atoms with van der Waals surface area (Å²) in [7, 11) is 3.15. The van der Waals surface area contributed by atoms with Crippen LogP contribution in [0.15, 0.2) is 36.5 Å². The Hall–Kier alpha value is -2.96. The number of aromatic amines is 1. The van der Waals surface area contributed by atoms with Gasteiger partial charge in [-0.3, -0.25) is 9.59 Å². The van der Waals surface area contributed by atoms with Gasteiger partial charge in [0.2, 0.25) is 5.91 Å². The fraction of sp³-hybridized carbons (Fsp3) is 0.368. The lowest BCUT2D eigenvalue weighted by atomic mass is 10.1. The molecule has 2 aromatic rings. The molecule has 0 bridgehead atoms. The topological polar surface area (TPSA) is 74.9 Å². The zero-order valence-corrected chi connectivity index (χ0v) is 15.0. The summed E-state index contributed by atoms with van der Waals surface area (Å²) in [5.41, 5.74) is 1.45. The van der Waals surface area contributed by atoms with Crippen LogP contribution < -0.4 is 9.47 Å². The molecule has 0 saturated carbocycles. The molecular formula is C19H23N3O4. The summed E-state index contributed by atoms with van der Waals surface area (Å²) in [6.45, 7) is 2.15. The number of methoxy groups -OCH3 is 2. The van der Waals surface area contributed by atoms with Gasteiger partial charge in [0.1, 0.15) is 5.69 Å². The van der Waals surface area contributed by atoms with Gasteiger partial charge in [0, 0.05) is 32.4 Å². The van der Waals surface area contributed by atoms with E-state index in [4.69, 9.17) is 9.47 Å². The minimum atomic E-state index is -0.0259. The fourth-order valence-electron chi connectivity index (χ4n) is 3.07. The van der Waals surface area contributed by atoms with E-state index in [0.29, 0.717) is 49.8 Å². The maximum absolute atomic E-state index is 12.6. The van der Waals surface area contributed by atoms with Crippen LogP contribution in [0.2, 0.25) is 0 Å². The maximum atomic E-state index is 12.6. The van der Waals surface area contributed by atoms with Gasteiger partial charge in [0.05, 0.1) is 20.6 Å². The molecule has 0 spiro atoms. The highest BCUT2D eigenvalue weighted by Crippen LogP contribution is 2.27. The highest BCUT2D eigenvalue weighted by atomic mass is 16.5. The Morgan fingerprint density at radius 1 is 1.00 bits per heavy atom. The number of nitrogens with zero attached hydrogens (tertiary/aromatic N) is 2. The summed E-state index contributed by atoms with van der Waals surface area (Å²) in [4.78, 5) is 31.4. The average molecular weight is 357 g/mol. The van der Waals surface area contributed by atoms with Gasteiger partial charge in [-0.2, -0.15) is 0 Å². The molecular weight excluding hydrogens is 334 g/mol. The molecule has 3 rings (SSSR count). The van der Waals surface area contributed by atoms with Crippen molar-refractivity contribution in [3.63, 3.8) is 0 Å². The molecule has 7 nitrogen and oxygen atoms in total. The Morgan fingerprint density at radius 3 is 2.31 bits per heavy atom. The van der Waals surface area contributed by atoms with Crippen molar-refractivity contribution in [2.75, 3.05) is 40.4 Å². The Kier molecular flexibility index (Phi) is 5.46. The predicted molar refractivity (Wildman–Crippen MR) is 96.5 cm³/mol. The molecule has 1 fully saturated rings. The first-order chi connectivity index (χ1) is 12.6. The van der Waals surface area contributed by atoms with Gasteiger partial charge < -0.3 is 24.3 Å². The minimum Gasteiger partial charge on any atom is -0.493 e. The second kappa shape index (κ2) is 7.95. The van der Waals surface area contributed by atoms with E-state index in [-0.39, 0.29) is 11.8 Å². The molecule has 0 radical (unpaired) electrons. The molecule has 1 aromatic carbocycles. The van der Waals surface area contributed by atoms with Crippen molar-refractivity contribution in [1.82, 2.24) is 14.8 Å². The van der Waals surface area contributed by atoms with E-state index in [2.05, 4.69) is 4.98 Å². The monoisotopic (exact) mass is 357 g/mol. The summed E-state index contributed by atoms with van der Waals surface area (Å²) in [5.74, 6) is 1.27. The third-order valence-corrected chi connectivity index (χ3v) is 4.55. The summed E-state index contributed by atoms with van der Waals surface area (Å²) in [6.07, 6.45) is 2.03. The molecule has 7 heteroatoms. The van der Waals surface area contributed by atoms with Crippen molar-refractivity contribution >= 4 is 11.8 Å². The Bertz CT molecular complexity index is 765. The second-order valence-corrected chi connectivity index (χ2v) is 6.12. The lowest BCUT2D eigenvalue weighted by Gasteiger charge is -2.34. The summed E-state index contributed by atoms with van der Waals surface area (Å²) < 4.78 is 10.5. The molecule has 2 heterocycles.